The Bertz CT molecular complexity index is 2330. The van der Waals surface area contributed by atoms with E-state index in [0.29, 0.717) is 5.92 Å². The maximum atomic E-state index is 5.58. The van der Waals surface area contributed by atoms with Crippen LogP contribution in [0.3, 0.4) is 0 Å². The van der Waals surface area contributed by atoms with Crippen molar-refractivity contribution in [2.45, 2.75) is 31.7 Å². The molecule has 4 aromatic carbocycles. The third-order valence-electron chi connectivity index (χ3n) is 10.4. The largest absolute Gasteiger partial charge is 0.343 e. The zero-order chi connectivity index (χ0) is 31.9. The van der Waals surface area contributed by atoms with Crippen molar-refractivity contribution in [3.8, 4) is 11.1 Å². The smallest absolute Gasteiger partial charge is 0.109 e. The molecule has 3 aliphatic carbocycles. The van der Waals surface area contributed by atoms with Gasteiger partial charge in [0.15, 0.2) is 0 Å². The minimum atomic E-state index is -0.0864. The summed E-state index contributed by atoms with van der Waals surface area (Å²) in [5.41, 5.74) is 9.97. The average molecular weight is 620 g/mol. The van der Waals surface area contributed by atoms with E-state index in [2.05, 4.69) is 144 Å². The number of aromatic nitrogens is 1. The van der Waals surface area contributed by atoms with Gasteiger partial charge in [0.2, 0.25) is 0 Å². The van der Waals surface area contributed by atoms with Gasteiger partial charge in [-0.1, -0.05) is 121 Å². The quantitative estimate of drug-likeness (QED) is 0.214. The third kappa shape index (κ3) is 5.26. The van der Waals surface area contributed by atoms with E-state index >= 15 is 0 Å². The molecule has 0 saturated carbocycles. The van der Waals surface area contributed by atoms with E-state index < -0.39 is 0 Å². The maximum Gasteiger partial charge on any atom is 0.109 e. The number of allylic oxidation sites excluding steroid dienone is 4. The first-order valence-electron chi connectivity index (χ1n) is 17.2. The van der Waals surface area contributed by atoms with Crippen LogP contribution in [0, 0.1) is 11.8 Å². The highest BCUT2D eigenvalue weighted by atomic mass is 15.1. The Balaban J connectivity index is 1.16. The molecule has 0 bridgehead atoms. The molecule has 3 atom stereocenters. The van der Waals surface area contributed by atoms with Crippen LogP contribution in [-0.2, 0) is 0 Å². The first-order valence-corrected chi connectivity index (χ1v) is 17.2. The Labute approximate surface area is 281 Å². The number of fused-ring (bicyclic) bond motifs is 3. The van der Waals surface area contributed by atoms with Crippen molar-refractivity contribution in [3.63, 3.8) is 0 Å². The van der Waals surface area contributed by atoms with Crippen LogP contribution in [0.2, 0.25) is 0 Å². The van der Waals surface area contributed by atoms with Gasteiger partial charge >= 0.3 is 0 Å². The zero-order valence-corrected chi connectivity index (χ0v) is 26.9. The number of nitrogens with one attached hydrogen (secondary N) is 1. The molecule has 0 radical (unpaired) electrons. The molecule has 1 aromatic heterocycles. The fourth-order valence-corrected chi connectivity index (χ4v) is 8.03. The van der Waals surface area contributed by atoms with Crippen LogP contribution in [0.1, 0.15) is 36.8 Å². The van der Waals surface area contributed by atoms with Crippen molar-refractivity contribution >= 4 is 39.5 Å². The second-order valence-electron chi connectivity index (χ2n) is 13.2. The van der Waals surface area contributed by atoms with E-state index in [4.69, 9.17) is 4.99 Å². The van der Waals surface area contributed by atoms with Gasteiger partial charge in [0.25, 0.3) is 0 Å². The first kappa shape index (κ1) is 28.7. The molecular formula is C45H37N3. The number of hydrogen-bond acceptors (Lipinski definition) is 3. The van der Waals surface area contributed by atoms with Crippen molar-refractivity contribution in [3.05, 3.63) is 173 Å². The fourth-order valence-electron chi connectivity index (χ4n) is 8.03. The van der Waals surface area contributed by atoms with Crippen LogP contribution < -0.4 is 15.8 Å². The Kier molecular flexibility index (Phi) is 7.31. The van der Waals surface area contributed by atoms with E-state index in [1.165, 1.54) is 43.5 Å². The standard InChI is InChI=1S/C45H37N3/c1-3-19-37-30(11-1)13-9-23-38(37)32-15-8-17-35(26-32)44-28-43(34-16-7-14-31(25-34)36-18-10-24-46-29-36)47-45(48-44)42-27-33-12-2-4-20-39(33)40-21-5-6-22-41(40)42/h1-5,7,9-14,16-21,23-29,41-42,44H,6,8,15,22H2,(H,47,48). The zero-order valence-electron chi connectivity index (χ0n) is 26.9. The number of pyridine rings is 1. The van der Waals surface area contributed by atoms with Crippen LogP contribution in [0.5, 0.6) is 0 Å². The Morgan fingerprint density at radius 3 is 2.56 bits per heavy atom. The number of benzene rings is 4. The molecule has 232 valence electrons. The number of hydrogen-bond donors (Lipinski definition) is 1. The molecule has 48 heavy (non-hydrogen) atoms. The molecule has 3 unspecified atom stereocenters. The highest BCUT2D eigenvalue weighted by Gasteiger charge is 2.33. The van der Waals surface area contributed by atoms with Crippen LogP contribution in [0.25, 0.3) is 44.8 Å². The molecule has 0 fully saturated rings. The van der Waals surface area contributed by atoms with E-state index in [0.717, 1.165) is 53.9 Å². The van der Waals surface area contributed by atoms with E-state index in [-0.39, 0.29) is 12.0 Å². The van der Waals surface area contributed by atoms with Crippen molar-refractivity contribution in [1.82, 2.24) is 10.3 Å². The lowest BCUT2D eigenvalue weighted by Gasteiger charge is -2.35. The maximum absolute atomic E-state index is 5.58. The van der Waals surface area contributed by atoms with Crippen LogP contribution in [0.15, 0.2) is 156 Å². The molecule has 1 N–H and O–H groups in total. The summed E-state index contributed by atoms with van der Waals surface area (Å²) in [6, 6.07) is 37.1. The van der Waals surface area contributed by atoms with Crippen molar-refractivity contribution in [2.24, 2.45) is 16.8 Å². The van der Waals surface area contributed by atoms with Crippen molar-refractivity contribution in [2.75, 3.05) is 0 Å². The normalized spacial score (nSPS) is 21.5. The lowest BCUT2D eigenvalue weighted by atomic mass is 9.74. The van der Waals surface area contributed by atoms with Gasteiger partial charge in [-0.25, -0.2) is 0 Å². The molecule has 1 aliphatic heterocycles. The van der Waals surface area contributed by atoms with Gasteiger partial charge in [-0.05, 0) is 104 Å². The summed E-state index contributed by atoms with van der Waals surface area (Å²) >= 11 is 0. The molecule has 4 aliphatic rings. The summed E-state index contributed by atoms with van der Waals surface area (Å²) in [6.45, 7) is 0. The first-order chi connectivity index (χ1) is 23.8. The van der Waals surface area contributed by atoms with Gasteiger partial charge in [-0.15, -0.1) is 0 Å². The van der Waals surface area contributed by atoms with Gasteiger partial charge < -0.3 is 5.32 Å². The van der Waals surface area contributed by atoms with Crippen LogP contribution >= 0.6 is 0 Å². The van der Waals surface area contributed by atoms with E-state index in [1.807, 2.05) is 18.5 Å². The molecule has 3 heteroatoms. The molecule has 3 nitrogen and oxygen atoms in total. The number of aliphatic imine (C=N–C) groups is 1. The Morgan fingerprint density at radius 2 is 1.60 bits per heavy atom. The lowest BCUT2D eigenvalue weighted by molar-refractivity contribution is 0.549. The summed E-state index contributed by atoms with van der Waals surface area (Å²) in [4.78, 5) is 9.96. The second kappa shape index (κ2) is 12.2. The molecule has 0 amide bonds. The predicted molar refractivity (Wildman–Crippen MR) is 200 cm³/mol. The number of rotatable bonds is 5. The van der Waals surface area contributed by atoms with Crippen LogP contribution in [0.4, 0.5) is 0 Å². The predicted octanol–water partition coefficient (Wildman–Crippen LogP) is 8.64. The van der Waals surface area contributed by atoms with Gasteiger partial charge in [0, 0.05) is 29.6 Å². The highest BCUT2D eigenvalue weighted by molar-refractivity contribution is 6.00. The third-order valence-corrected chi connectivity index (χ3v) is 10.4. The van der Waals surface area contributed by atoms with E-state index in [9.17, 15) is 0 Å². The summed E-state index contributed by atoms with van der Waals surface area (Å²) in [7, 11) is 0. The minimum Gasteiger partial charge on any atom is -0.343 e. The SMILES string of the molecule is C1=CC2=c3ccccc3=CC(C3=NC(C4=CCCC(c5cccc6ccccc56)=C4)C=C(c4cccc(-c5cccnc5)c4)N3)C2CC1. The molecule has 5 aromatic rings. The average Bonchev–Trinajstić information content (AvgIpc) is 3.17. The summed E-state index contributed by atoms with van der Waals surface area (Å²) in [5, 5.41) is 9.15. The Morgan fingerprint density at radius 1 is 0.750 bits per heavy atom. The molecule has 2 heterocycles. The van der Waals surface area contributed by atoms with Crippen molar-refractivity contribution in [1.29, 1.82) is 0 Å². The summed E-state index contributed by atoms with van der Waals surface area (Å²) in [5.74, 6) is 1.61. The number of amidine groups is 1. The van der Waals surface area contributed by atoms with Gasteiger partial charge in [-0.3, -0.25) is 9.98 Å². The van der Waals surface area contributed by atoms with Gasteiger partial charge in [-0.2, -0.15) is 0 Å². The summed E-state index contributed by atoms with van der Waals surface area (Å²) < 4.78 is 0. The highest BCUT2D eigenvalue weighted by Crippen LogP contribution is 2.38. The van der Waals surface area contributed by atoms with Crippen molar-refractivity contribution < 1.29 is 0 Å². The fraction of sp³-hybridized carbons (Fsp3) is 0.156. The Hall–Kier alpha value is -5.54. The number of nitrogens with zero attached hydrogens (tertiary/aromatic N) is 2. The molecular weight excluding hydrogens is 583 g/mol. The summed E-state index contributed by atoms with van der Waals surface area (Å²) in [6.07, 6.45) is 22.4. The second-order valence-corrected chi connectivity index (χ2v) is 13.2. The van der Waals surface area contributed by atoms with Gasteiger partial charge in [0.1, 0.15) is 5.84 Å². The topological polar surface area (TPSA) is 37.3 Å². The van der Waals surface area contributed by atoms with Gasteiger partial charge in [0.05, 0.1) is 6.04 Å². The molecule has 0 spiro atoms. The molecule has 9 rings (SSSR count). The minimum absolute atomic E-state index is 0.0864. The van der Waals surface area contributed by atoms with E-state index in [1.54, 1.807) is 0 Å². The van der Waals surface area contributed by atoms with Crippen LogP contribution in [-0.4, -0.2) is 16.9 Å². The lowest BCUT2D eigenvalue weighted by Crippen LogP contribution is -2.44. The monoisotopic (exact) mass is 619 g/mol. The molecule has 0 saturated heterocycles.